The van der Waals surface area contributed by atoms with Gasteiger partial charge in [-0.25, -0.2) is 0 Å². The Kier molecular flexibility index (Phi) is 14.6. The zero-order valence-corrected chi connectivity index (χ0v) is 4.83. The Hall–Kier alpha value is 0.532. The standard InChI is InChI=1S/C6H14.Al.3H/c1-3-5-6-4-2;;;;/h3-6H2,1-2H3;;;;. The minimum atomic E-state index is 0. The van der Waals surface area contributed by atoms with Crippen LogP contribution in [0, 0.1) is 0 Å². The van der Waals surface area contributed by atoms with E-state index in [0.29, 0.717) is 0 Å². The summed E-state index contributed by atoms with van der Waals surface area (Å²) >= 11 is 0. The number of hydrogen-bond donors (Lipinski definition) is 0. The van der Waals surface area contributed by atoms with Crippen molar-refractivity contribution >= 4 is 17.4 Å². The topological polar surface area (TPSA) is 0 Å². The molecule has 0 saturated carbocycles. The van der Waals surface area contributed by atoms with Crippen molar-refractivity contribution in [3.63, 3.8) is 0 Å². The molecule has 0 unspecified atom stereocenters. The number of unbranched alkanes of at least 4 members (excludes halogenated alkanes) is 3. The molecule has 7 heavy (non-hydrogen) atoms. The highest BCUT2D eigenvalue weighted by Crippen LogP contribution is 1.95. The fraction of sp³-hybridized carbons (Fsp3) is 1.00. The van der Waals surface area contributed by atoms with Crippen molar-refractivity contribution in [2.75, 3.05) is 0 Å². The minimum absolute atomic E-state index is 0. The van der Waals surface area contributed by atoms with Crippen LogP contribution in [-0.2, 0) is 0 Å². The molecular formula is C6H17Al. The van der Waals surface area contributed by atoms with Gasteiger partial charge in [-0.05, 0) is 0 Å². The van der Waals surface area contributed by atoms with Gasteiger partial charge in [0.15, 0.2) is 17.4 Å². The Balaban J connectivity index is 0. The Labute approximate surface area is 57.4 Å². The lowest BCUT2D eigenvalue weighted by Gasteiger charge is -1.86. The van der Waals surface area contributed by atoms with Gasteiger partial charge in [-0.15, -0.1) is 0 Å². The average molecular weight is 116 g/mol. The molecule has 0 atom stereocenters. The van der Waals surface area contributed by atoms with E-state index >= 15 is 0 Å². The van der Waals surface area contributed by atoms with E-state index in [1.54, 1.807) is 0 Å². The van der Waals surface area contributed by atoms with Gasteiger partial charge >= 0.3 is 0 Å². The van der Waals surface area contributed by atoms with Gasteiger partial charge in [-0.3, -0.25) is 0 Å². The smallest absolute Gasteiger partial charge is 0.0654 e. The van der Waals surface area contributed by atoms with Crippen molar-refractivity contribution in [3.05, 3.63) is 0 Å². The zero-order chi connectivity index (χ0) is 4.83. The quantitative estimate of drug-likeness (QED) is 0.386. The van der Waals surface area contributed by atoms with E-state index in [1.165, 1.54) is 25.7 Å². The fourth-order valence-electron chi connectivity index (χ4n) is 0.500. The van der Waals surface area contributed by atoms with Crippen LogP contribution >= 0.6 is 0 Å². The molecule has 0 aliphatic carbocycles. The van der Waals surface area contributed by atoms with E-state index in [-0.39, 0.29) is 17.4 Å². The van der Waals surface area contributed by atoms with Crippen molar-refractivity contribution < 1.29 is 0 Å². The van der Waals surface area contributed by atoms with Gasteiger partial charge in [0.25, 0.3) is 0 Å². The summed E-state index contributed by atoms with van der Waals surface area (Å²) in [6.45, 7) is 4.46. The molecule has 0 aromatic rings. The number of hydrogen-bond acceptors (Lipinski definition) is 0. The van der Waals surface area contributed by atoms with Gasteiger partial charge in [0.2, 0.25) is 0 Å². The van der Waals surface area contributed by atoms with Gasteiger partial charge in [-0.1, -0.05) is 39.5 Å². The normalized spacial score (nSPS) is 7.71. The van der Waals surface area contributed by atoms with Crippen LogP contribution in [0.3, 0.4) is 0 Å². The maximum absolute atomic E-state index is 2.23. The van der Waals surface area contributed by atoms with Crippen LogP contribution in [0.2, 0.25) is 0 Å². The summed E-state index contributed by atoms with van der Waals surface area (Å²) in [7, 11) is 0. The van der Waals surface area contributed by atoms with Gasteiger partial charge in [0.05, 0.1) is 0 Å². The van der Waals surface area contributed by atoms with Crippen molar-refractivity contribution in [2.45, 2.75) is 39.5 Å². The summed E-state index contributed by atoms with van der Waals surface area (Å²) < 4.78 is 0. The number of rotatable bonds is 3. The first kappa shape index (κ1) is 10.5. The molecular weight excluding hydrogens is 99.0 g/mol. The Morgan fingerprint density at radius 1 is 0.857 bits per heavy atom. The van der Waals surface area contributed by atoms with Crippen molar-refractivity contribution in [3.8, 4) is 0 Å². The second-order valence-corrected chi connectivity index (χ2v) is 1.71. The van der Waals surface area contributed by atoms with Crippen LogP contribution in [0.15, 0.2) is 0 Å². The molecule has 44 valence electrons. The summed E-state index contributed by atoms with van der Waals surface area (Å²) in [5, 5.41) is 0. The lowest BCUT2D eigenvalue weighted by atomic mass is 10.2. The largest absolute Gasteiger partial charge is 0.187 e. The molecule has 1 heteroatoms. The lowest BCUT2D eigenvalue weighted by Crippen LogP contribution is -1.66. The van der Waals surface area contributed by atoms with Crippen molar-refractivity contribution in [2.24, 2.45) is 0 Å². The van der Waals surface area contributed by atoms with Crippen LogP contribution in [0.4, 0.5) is 0 Å². The molecule has 0 heterocycles. The summed E-state index contributed by atoms with van der Waals surface area (Å²) in [4.78, 5) is 0. The predicted octanol–water partition coefficient (Wildman–Crippen LogP) is 1.40. The molecule has 0 aliphatic rings. The van der Waals surface area contributed by atoms with E-state index in [4.69, 9.17) is 0 Å². The predicted molar refractivity (Wildman–Crippen MR) is 39.8 cm³/mol. The van der Waals surface area contributed by atoms with Crippen LogP contribution in [0.1, 0.15) is 39.5 Å². The Morgan fingerprint density at radius 3 is 1.29 bits per heavy atom. The lowest BCUT2D eigenvalue weighted by molar-refractivity contribution is 0.702. The van der Waals surface area contributed by atoms with Crippen LogP contribution < -0.4 is 0 Å². The molecule has 0 aromatic carbocycles. The summed E-state index contributed by atoms with van der Waals surface area (Å²) in [5.74, 6) is 0. The summed E-state index contributed by atoms with van der Waals surface area (Å²) in [6.07, 6.45) is 5.54. The summed E-state index contributed by atoms with van der Waals surface area (Å²) in [5.41, 5.74) is 0. The van der Waals surface area contributed by atoms with Crippen LogP contribution in [-0.4, -0.2) is 17.4 Å². The highest BCUT2D eigenvalue weighted by molar-refractivity contribution is 5.75. The minimum Gasteiger partial charge on any atom is -0.0654 e. The molecule has 0 rings (SSSR count). The van der Waals surface area contributed by atoms with E-state index < -0.39 is 0 Å². The molecule has 0 aromatic heterocycles. The van der Waals surface area contributed by atoms with Crippen molar-refractivity contribution in [1.29, 1.82) is 0 Å². The SMILES string of the molecule is CCCCCC.[AlH3]. The highest BCUT2D eigenvalue weighted by Gasteiger charge is 1.75. The van der Waals surface area contributed by atoms with E-state index in [1.807, 2.05) is 0 Å². The third-order valence-electron chi connectivity index (χ3n) is 0.957. The third-order valence-corrected chi connectivity index (χ3v) is 0.957. The molecule has 0 nitrogen and oxygen atoms in total. The van der Waals surface area contributed by atoms with E-state index in [9.17, 15) is 0 Å². The molecule has 0 fully saturated rings. The maximum atomic E-state index is 2.23. The fourth-order valence-corrected chi connectivity index (χ4v) is 0.500. The van der Waals surface area contributed by atoms with Crippen LogP contribution in [0.25, 0.3) is 0 Å². The first-order chi connectivity index (χ1) is 2.91. The molecule has 0 spiro atoms. The highest BCUT2D eigenvalue weighted by atomic mass is 27.0. The molecule has 0 aliphatic heterocycles. The van der Waals surface area contributed by atoms with Crippen LogP contribution in [0.5, 0.6) is 0 Å². The van der Waals surface area contributed by atoms with Gasteiger partial charge in [-0.2, -0.15) is 0 Å². The first-order valence-electron chi connectivity index (χ1n) is 2.91. The van der Waals surface area contributed by atoms with Gasteiger partial charge < -0.3 is 0 Å². The summed E-state index contributed by atoms with van der Waals surface area (Å²) in [6, 6.07) is 0. The second kappa shape index (κ2) is 9.73. The molecule has 0 radical (unpaired) electrons. The molecule has 0 bridgehead atoms. The monoisotopic (exact) mass is 116 g/mol. The van der Waals surface area contributed by atoms with E-state index in [2.05, 4.69) is 13.8 Å². The average Bonchev–Trinajstić information content (AvgIpc) is 1.61. The van der Waals surface area contributed by atoms with Crippen molar-refractivity contribution in [1.82, 2.24) is 0 Å². The maximum Gasteiger partial charge on any atom is 0.187 e. The molecule has 0 amide bonds. The Morgan fingerprint density at radius 2 is 1.14 bits per heavy atom. The Bertz CT molecular complexity index is 16.1. The zero-order valence-electron chi connectivity index (χ0n) is 4.83. The first-order valence-corrected chi connectivity index (χ1v) is 2.91. The molecule has 0 saturated heterocycles. The van der Waals surface area contributed by atoms with E-state index in [0.717, 1.165) is 0 Å². The third kappa shape index (κ3) is 10.8. The van der Waals surface area contributed by atoms with Gasteiger partial charge in [0, 0.05) is 0 Å². The second-order valence-electron chi connectivity index (χ2n) is 1.71. The van der Waals surface area contributed by atoms with Gasteiger partial charge in [0.1, 0.15) is 0 Å². The molecule has 0 N–H and O–H groups in total.